The van der Waals surface area contributed by atoms with E-state index in [0.717, 1.165) is 42.5 Å². The summed E-state index contributed by atoms with van der Waals surface area (Å²) in [4.78, 5) is 32.0. The highest BCUT2D eigenvalue weighted by Gasteiger charge is 2.19. The molecule has 0 radical (unpaired) electrons. The Morgan fingerprint density at radius 3 is 2.42 bits per heavy atom. The van der Waals surface area contributed by atoms with Crippen molar-refractivity contribution in [1.29, 1.82) is 0 Å². The molecule has 2 aromatic carbocycles. The fraction of sp³-hybridized carbons (Fsp3) is 0.240. The molecule has 5 rings (SSSR count). The predicted octanol–water partition coefficient (Wildman–Crippen LogP) is 3.80. The molecule has 0 aliphatic carbocycles. The van der Waals surface area contributed by atoms with E-state index in [2.05, 4.69) is 47.6 Å². The number of amides is 1. The number of carbonyl (C=O) groups excluding carboxylic acids is 1. The summed E-state index contributed by atoms with van der Waals surface area (Å²) < 4.78 is 0. The first-order chi connectivity index (χ1) is 17.5. The van der Waals surface area contributed by atoms with Crippen LogP contribution in [0, 0.1) is 6.92 Å². The Kier molecular flexibility index (Phi) is 7.10. The van der Waals surface area contributed by atoms with Gasteiger partial charge in [0.15, 0.2) is 11.0 Å². The van der Waals surface area contributed by atoms with Crippen molar-refractivity contribution in [3.8, 4) is 0 Å². The zero-order valence-corrected chi connectivity index (χ0v) is 20.9. The maximum atomic E-state index is 12.6. The molecule has 3 N–H and O–H groups in total. The number of piperazine rings is 1. The number of likely N-dealkylation sites (N-methyl/N-ethyl adjacent to an activating group) is 1. The van der Waals surface area contributed by atoms with Gasteiger partial charge in [-0.15, -0.1) is 0 Å². The Hall–Kier alpha value is -3.96. The number of anilines is 4. The molecule has 0 atom stereocenters. The van der Waals surface area contributed by atoms with Gasteiger partial charge in [-0.3, -0.25) is 9.89 Å². The van der Waals surface area contributed by atoms with Crippen molar-refractivity contribution < 1.29 is 4.79 Å². The Bertz CT molecular complexity index is 1320. The third-order valence-corrected chi connectivity index (χ3v) is 6.57. The van der Waals surface area contributed by atoms with Gasteiger partial charge in [-0.1, -0.05) is 18.2 Å². The lowest BCUT2D eigenvalue weighted by atomic mass is 10.2. The van der Waals surface area contributed by atoms with E-state index in [1.807, 2.05) is 55.5 Å². The van der Waals surface area contributed by atoms with Crippen LogP contribution < -0.4 is 15.5 Å². The van der Waals surface area contributed by atoms with Gasteiger partial charge >= 0.3 is 0 Å². The molecule has 0 bridgehead atoms. The van der Waals surface area contributed by atoms with Crippen molar-refractivity contribution in [2.24, 2.45) is 0 Å². The normalized spacial score (nSPS) is 14.0. The van der Waals surface area contributed by atoms with E-state index in [0.29, 0.717) is 28.4 Å². The van der Waals surface area contributed by atoms with Crippen LogP contribution in [-0.4, -0.2) is 69.2 Å². The minimum Gasteiger partial charge on any atom is -0.338 e. The average molecular weight is 502 g/mol. The maximum absolute atomic E-state index is 12.6. The number of H-pyrrole nitrogens is 1. The lowest BCUT2D eigenvalue weighted by molar-refractivity contribution is 0.102. The van der Waals surface area contributed by atoms with E-state index in [1.54, 1.807) is 12.1 Å². The summed E-state index contributed by atoms with van der Waals surface area (Å²) >= 11 is 1.42. The molecular formula is C25H27N9OS. The highest BCUT2D eigenvalue weighted by Crippen LogP contribution is 2.28. The summed E-state index contributed by atoms with van der Waals surface area (Å²) in [5.74, 6) is 1.56. The summed E-state index contributed by atoms with van der Waals surface area (Å²) in [6, 6.07) is 18.7. The number of aromatic nitrogens is 5. The van der Waals surface area contributed by atoms with Crippen LogP contribution in [0.15, 0.2) is 70.7 Å². The molecule has 184 valence electrons. The van der Waals surface area contributed by atoms with Gasteiger partial charge in [0.2, 0.25) is 11.9 Å². The lowest BCUT2D eigenvalue weighted by Gasteiger charge is -2.32. The second-order valence-corrected chi connectivity index (χ2v) is 9.58. The first-order valence-electron chi connectivity index (χ1n) is 11.6. The van der Waals surface area contributed by atoms with E-state index in [4.69, 9.17) is 4.98 Å². The molecule has 1 aliphatic rings. The molecule has 11 heteroatoms. The number of nitrogens with zero attached hydrogens (tertiary/aromatic N) is 6. The molecule has 1 fully saturated rings. The molecule has 1 saturated heterocycles. The molecule has 3 heterocycles. The Morgan fingerprint density at radius 2 is 1.72 bits per heavy atom. The molecule has 0 spiro atoms. The smallest absolute Gasteiger partial charge is 0.255 e. The van der Waals surface area contributed by atoms with E-state index >= 15 is 0 Å². The largest absolute Gasteiger partial charge is 0.338 e. The average Bonchev–Trinajstić information content (AvgIpc) is 3.29. The summed E-state index contributed by atoms with van der Waals surface area (Å²) in [7, 11) is 2.11. The fourth-order valence-electron chi connectivity index (χ4n) is 3.70. The number of hydrogen-bond acceptors (Lipinski definition) is 9. The summed E-state index contributed by atoms with van der Waals surface area (Å²) in [5, 5.41) is 13.8. The Labute approximate surface area is 213 Å². The van der Waals surface area contributed by atoms with Crippen LogP contribution in [0.1, 0.15) is 16.1 Å². The van der Waals surface area contributed by atoms with Crippen LogP contribution in [-0.2, 0) is 0 Å². The molecular weight excluding hydrogens is 474 g/mol. The number of nitrogens with one attached hydrogen (secondary N) is 3. The Balaban J connectivity index is 1.34. The van der Waals surface area contributed by atoms with E-state index in [-0.39, 0.29) is 5.91 Å². The van der Waals surface area contributed by atoms with E-state index in [1.165, 1.54) is 11.8 Å². The SMILES string of the molecule is Cc1cc(Nc2nc(Sc3ccc(C(=O)Nc4ccccc4)cc3)nc(N3CCN(C)CC3)n2)n[nH]1. The van der Waals surface area contributed by atoms with Crippen molar-refractivity contribution in [2.75, 3.05) is 48.8 Å². The predicted molar refractivity (Wildman–Crippen MR) is 141 cm³/mol. The molecule has 36 heavy (non-hydrogen) atoms. The molecule has 1 aliphatic heterocycles. The van der Waals surface area contributed by atoms with Crippen LogP contribution in [0.3, 0.4) is 0 Å². The van der Waals surface area contributed by atoms with Gasteiger partial charge < -0.3 is 20.4 Å². The van der Waals surface area contributed by atoms with Crippen molar-refractivity contribution in [3.63, 3.8) is 0 Å². The number of benzene rings is 2. The summed E-state index contributed by atoms with van der Waals surface area (Å²) in [6.45, 7) is 5.52. The van der Waals surface area contributed by atoms with Gasteiger partial charge in [-0.2, -0.15) is 20.1 Å². The number of para-hydroxylation sites is 1. The standard InChI is InChI=1S/C25H27N9OS/c1-17-16-21(32-31-17)27-23-28-24(34-14-12-33(2)13-15-34)30-25(29-23)36-20-10-8-18(9-11-20)22(35)26-19-6-4-3-5-7-19/h3-11,16H,12-15H2,1-2H3,(H,26,35)(H2,27,28,29,30,31,32). The number of aryl methyl sites for hydroxylation is 1. The van der Waals surface area contributed by atoms with Crippen LogP contribution in [0.25, 0.3) is 0 Å². The van der Waals surface area contributed by atoms with Crippen LogP contribution in [0.5, 0.6) is 0 Å². The highest BCUT2D eigenvalue weighted by atomic mass is 32.2. The molecule has 10 nitrogen and oxygen atoms in total. The topological polar surface area (TPSA) is 115 Å². The lowest BCUT2D eigenvalue weighted by Crippen LogP contribution is -2.45. The van der Waals surface area contributed by atoms with Crippen LogP contribution >= 0.6 is 11.8 Å². The number of carbonyl (C=O) groups is 1. The van der Waals surface area contributed by atoms with Gasteiger partial charge in [-0.05, 0) is 62.1 Å². The number of aromatic amines is 1. The van der Waals surface area contributed by atoms with Crippen LogP contribution in [0.2, 0.25) is 0 Å². The monoisotopic (exact) mass is 501 g/mol. The van der Waals surface area contributed by atoms with E-state index < -0.39 is 0 Å². The maximum Gasteiger partial charge on any atom is 0.255 e. The zero-order valence-electron chi connectivity index (χ0n) is 20.1. The molecule has 4 aromatic rings. The minimum atomic E-state index is -0.156. The summed E-state index contributed by atoms with van der Waals surface area (Å²) in [5.41, 5.74) is 2.28. The van der Waals surface area contributed by atoms with Gasteiger partial charge in [0.1, 0.15) is 0 Å². The highest BCUT2D eigenvalue weighted by molar-refractivity contribution is 7.99. The number of hydrogen-bond donors (Lipinski definition) is 3. The second kappa shape index (κ2) is 10.8. The van der Waals surface area contributed by atoms with Gasteiger partial charge in [0.25, 0.3) is 5.91 Å². The quantitative estimate of drug-likeness (QED) is 0.348. The Morgan fingerprint density at radius 1 is 0.972 bits per heavy atom. The molecule has 0 unspecified atom stereocenters. The first kappa shape index (κ1) is 23.8. The fourth-order valence-corrected chi connectivity index (χ4v) is 4.44. The van der Waals surface area contributed by atoms with Crippen LogP contribution in [0.4, 0.5) is 23.4 Å². The molecule has 0 saturated carbocycles. The van der Waals surface area contributed by atoms with Gasteiger partial charge in [0, 0.05) is 54.1 Å². The third kappa shape index (κ3) is 5.99. The summed E-state index contributed by atoms with van der Waals surface area (Å²) in [6.07, 6.45) is 0. The number of rotatable bonds is 7. The van der Waals surface area contributed by atoms with E-state index in [9.17, 15) is 4.79 Å². The van der Waals surface area contributed by atoms with Crippen molar-refractivity contribution in [3.05, 3.63) is 71.9 Å². The molecule has 1 amide bonds. The minimum absolute atomic E-state index is 0.156. The van der Waals surface area contributed by atoms with Crippen molar-refractivity contribution in [1.82, 2.24) is 30.0 Å². The van der Waals surface area contributed by atoms with Gasteiger partial charge in [-0.25, -0.2) is 0 Å². The first-order valence-corrected chi connectivity index (χ1v) is 12.5. The zero-order chi connectivity index (χ0) is 24.9. The molecule has 2 aromatic heterocycles. The van der Waals surface area contributed by atoms with Crippen molar-refractivity contribution in [2.45, 2.75) is 17.0 Å². The third-order valence-electron chi connectivity index (χ3n) is 5.69. The van der Waals surface area contributed by atoms with Crippen molar-refractivity contribution >= 4 is 41.1 Å². The van der Waals surface area contributed by atoms with Gasteiger partial charge in [0.05, 0.1) is 0 Å². The second-order valence-electron chi connectivity index (χ2n) is 8.54.